The number of nitrogens with zero attached hydrogens (tertiary/aromatic N) is 2. The third-order valence-electron chi connectivity index (χ3n) is 3.98. The molecular weight excluding hydrogens is 316 g/mol. The molecule has 0 spiro atoms. The quantitative estimate of drug-likeness (QED) is 0.652. The zero-order valence-corrected chi connectivity index (χ0v) is 14.8. The Hall–Kier alpha value is -2.47. The first-order valence-electron chi connectivity index (χ1n) is 8.69. The van der Waals surface area contributed by atoms with Gasteiger partial charge >= 0.3 is 0 Å². The van der Waals surface area contributed by atoms with Crippen molar-refractivity contribution in [1.29, 1.82) is 0 Å². The Bertz CT molecular complexity index is 667. The second kappa shape index (κ2) is 9.74. The van der Waals surface area contributed by atoms with Crippen molar-refractivity contribution >= 4 is 17.4 Å². The molecule has 1 amide bonds. The van der Waals surface area contributed by atoms with Crippen molar-refractivity contribution in [3.63, 3.8) is 0 Å². The first-order chi connectivity index (χ1) is 12.1. The third-order valence-corrected chi connectivity index (χ3v) is 3.98. The molecular formula is C19H26N4O2. The highest BCUT2D eigenvalue weighted by atomic mass is 16.3. The van der Waals surface area contributed by atoms with Crippen molar-refractivity contribution in [1.82, 2.24) is 15.5 Å². The van der Waals surface area contributed by atoms with Gasteiger partial charge < -0.3 is 15.7 Å². The molecule has 3 N–H and O–H groups in total. The first kappa shape index (κ1) is 18.9. The Morgan fingerprint density at radius 2 is 2.04 bits per heavy atom. The summed E-state index contributed by atoms with van der Waals surface area (Å²) in [6.45, 7) is 4.71. The van der Waals surface area contributed by atoms with Gasteiger partial charge in [0.05, 0.1) is 5.69 Å². The van der Waals surface area contributed by atoms with Crippen molar-refractivity contribution in [2.24, 2.45) is 5.92 Å². The van der Waals surface area contributed by atoms with Crippen LogP contribution in [0.2, 0.25) is 0 Å². The van der Waals surface area contributed by atoms with E-state index in [1.54, 1.807) is 12.1 Å². The Morgan fingerprint density at radius 1 is 1.20 bits per heavy atom. The highest BCUT2D eigenvalue weighted by Gasteiger charge is 2.11. The monoisotopic (exact) mass is 342 g/mol. The second-order valence-corrected chi connectivity index (χ2v) is 6.14. The van der Waals surface area contributed by atoms with E-state index in [1.165, 1.54) is 0 Å². The number of rotatable bonds is 9. The van der Waals surface area contributed by atoms with Gasteiger partial charge in [-0.1, -0.05) is 19.4 Å². The molecule has 0 saturated heterocycles. The molecule has 25 heavy (non-hydrogen) atoms. The molecule has 0 saturated carbocycles. The topological polar surface area (TPSA) is 87.1 Å². The van der Waals surface area contributed by atoms with E-state index in [2.05, 4.69) is 27.8 Å². The van der Waals surface area contributed by atoms with Crippen LogP contribution in [-0.4, -0.2) is 34.4 Å². The van der Waals surface area contributed by atoms with E-state index in [9.17, 15) is 4.79 Å². The van der Waals surface area contributed by atoms with E-state index in [0.717, 1.165) is 24.2 Å². The molecule has 2 aromatic rings. The lowest BCUT2D eigenvalue weighted by atomic mass is 10.00. The fourth-order valence-corrected chi connectivity index (χ4v) is 2.63. The lowest BCUT2D eigenvalue weighted by Crippen LogP contribution is -2.29. The van der Waals surface area contributed by atoms with Gasteiger partial charge in [0.2, 0.25) is 0 Å². The lowest BCUT2D eigenvalue weighted by Gasteiger charge is -2.16. The van der Waals surface area contributed by atoms with Crippen LogP contribution in [0.3, 0.4) is 0 Å². The number of benzene rings is 1. The molecule has 0 radical (unpaired) electrons. The van der Waals surface area contributed by atoms with Crippen molar-refractivity contribution in [2.45, 2.75) is 33.1 Å². The van der Waals surface area contributed by atoms with Crippen LogP contribution in [-0.2, 0) is 0 Å². The molecule has 1 aromatic heterocycles. The highest BCUT2D eigenvalue weighted by molar-refractivity contribution is 5.95. The number of aromatic nitrogens is 2. The Labute approximate surface area is 148 Å². The summed E-state index contributed by atoms with van der Waals surface area (Å²) in [5.74, 6) is 0.829. The van der Waals surface area contributed by atoms with Crippen LogP contribution in [0, 0.1) is 12.8 Å². The van der Waals surface area contributed by atoms with Gasteiger partial charge in [0, 0.05) is 24.4 Å². The number of aryl methyl sites for hydroxylation is 1. The van der Waals surface area contributed by atoms with E-state index in [4.69, 9.17) is 5.11 Å². The minimum Gasteiger partial charge on any atom is -0.396 e. The first-order valence-corrected chi connectivity index (χ1v) is 8.69. The molecule has 1 unspecified atom stereocenters. The van der Waals surface area contributed by atoms with E-state index in [-0.39, 0.29) is 12.5 Å². The maximum absolute atomic E-state index is 12.4. The van der Waals surface area contributed by atoms with Crippen LogP contribution in [0.5, 0.6) is 0 Å². The lowest BCUT2D eigenvalue weighted by molar-refractivity contribution is 0.0943. The van der Waals surface area contributed by atoms with Crippen LogP contribution < -0.4 is 10.6 Å². The van der Waals surface area contributed by atoms with Crippen LogP contribution in [0.4, 0.5) is 11.5 Å². The largest absolute Gasteiger partial charge is 0.396 e. The number of amides is 1. The van der Waals surface area contributed by atoms with Gasteiger partial charge in [-0.3, -0.25) is 4.79 Å². The average molecular weight is 342 g/mol. The highest BCUT2D eigenvalue weighted by Crippen LogP contribution is 2.16. The van der Waals surface area contributed by atoms with Crippen LogP contribution in [0.15, 0.2) is 36.4 Å². The van der Waals surface area contributed by atoms with E-state index < -0.39 is 0 Å². The zero-order chi connectivity index (χ0) is 18.1. The predicted octanol–water partition coefficient (Wildman–Crippen LogP) is 3.06. The van der Waals surface area contributed by atoms with Crippen molar-refractivity contribution < 1.29 is 9.90 Å². The maximum Gasteiger partial charge on any atom is 0.251 e. The van der Waals surface area contributed by atoms with Crippen molar-refractivity contribution in [3.8, 4) is 0 Å². The number of aliphatic hydroxyl groups excluding tert-OH is 1. The summed E-state index contributed by atoms with van der Waals surface area (Å²) in [4.78, 5) is 12.4. The van der Waals surface area contributed by atoms with Gasteiger partial charge in [0.15, 0.2) is 5.82 Å². The summed E-state index contributed by atoms with van der Waals surface area (Å²) < 4.78 is 0. The molecule has 6 nitrogen and oxygen atoms in total. The van der Waals surface area contributed by atoms with Gasteiger partial charge in [0.25, 0.3) is 5.91 Å². The molecule has 134 valence electrons. The van der Waals surface area contributed by atoms with Gasteiger partial charge in [-0.25, -0.2) is 0 Å². The van der Waals surface area contributed by atoms with E-state index >= 15 is 0 Å². The number of carbonyl (C=O) groups excluding carboxylic acids is 1. The van der Waals surface area contributed by atoms with Gasteiger partial charge in [0.1, 0.15) is 0 Å². The molecule has 2 rings (SSSR count). The number of hydrogen-bond donors (Lipinski definition) is 3. The van der Waals surface area contributed by atoms with Crippen LogP contribution in [0.1, 0.15) is 42.2 Å². The molecule has 0 aliphatic carbocycles. The summed E-state index contributed by atoms with van der Waals surface area (Å²) in [5.41, 5.74) is 2.22. The fourth-order valence-electron chi connectivity index (χ4n) is 2.63. The van der Waals surface area contributed by atoms with Crippen LogP contribution >= 0.6 is 0 Å². The van der Waals surface area contributed by atoms with Gasteiger partial charge in [-0.15, -0.1) is 5.10 Å². The smallest absolute Gasteiger partial charge is 0.251 e. The second-order valence-electron chi connectivity index (χ2n) is 6.14. The summed E-state index contributed by atoms with van der Waals surface area (Å²) in [5, 5.41) is 23.3. The third kappa shape index (κ3) is 6.15. The fraction of sp³-hybridized carbons (Fsp3) is 0.421. The molecule has 0 bridgehead atoms. The molecule has 0 fully saturated rings. The summed E-state index contributed by atoms with van der Waals surface area (Å²) >= 11 is 0. The summed E-state index contributed by atoms with van der Waals surface area (Å²) in [6.07, 6.45) is 2.74. The zero-order valence-electron chi connectivity index (χ0n) is 14.8. The number of anilines is 2. The predicted molar refractivity (Wildman–Crippen MR) is 98.9 cm³/mol. The van der Waals surface area contributed by atoms with Crippen molar-refractivity contribution in [2.75, 3.05) is 18.5 Å². The number of aliphatic hydroxyl groups is 1. The number of hydrogen-bond acceptors (Lipinski definition) is 5. The van der Waals surface area contributed by atoms with Crippen LogP contribution in [0.25, 0.3) is 0 Å². The molecule has 1 aromatic carbocycles. The number of carbonyl (C=O) groups is 1. The maximum atomic E-state index is 12.4. The minimum atomic E-state index is -0.113. The van der Waals surface area contributed by atoms with E-state index in [0.29, 0.717) is 30.3 Å². The molecule has 6 heteroatoms. The normalized spacial score (nSPS) is 11.8. The number of nitrogens with one attached hydrogen (secondary N) is 2. The van der Waals surface area contributed by atoms with Gasteiger partial charge in [-0.2, -0.15) is 5.10 Å². The summed E-state index contributed by atoms with van der Waals surface area (Å²) in [7, 11) is 0. The minimum absolute atomic E-state index is 0.113. The standard InChI is InChI=1S/C19H26N4O2/c1-3-5-15(10-11-24)13-20-19(25)16-6-4-7-17(12-16)21-18-9-8-14(2)22-23-18/h4,6-9,12,15,24H,3,5,10-11,13H2,1-2H3,(H,20,25)(H,21,23). The van der Waals surface area contributed by atoms with Gasteiger partial charge in [-0.05, 0) is 56.0 Å². The molecule has 1 heterocycles. The SMILES string of the molecule is CCCC(CCO)CNC(=O)c1cccc(Nc2ccc(C)nn2)c1. The average Bonchev–Trinajstić information content (AvgIpc) is 2.62. The Morgan fingerprint density at radius 3 is 2.72 bits per heavy atom. The van der Waals surface area contributed by atoms with Crippen molar-refractivity contribution in [3.05, 3.63) is 47.7 Å². The molecule has 1 atom stereocenters. The Kier molecular flexibility index (Phi) is 7.35. The molecule has 0 aliphatic heterocycles. The Balaban J connectivity index is 1.97. The molecule has 0 aliphatic rings. The summed E-state index contributed by atoms with van der Waals surface area (Å²) in [6, 6.07) is 11.0. The van der Waals surface area contributed by atoms with E-state index in [1.807, 2.05) is 31.2 Å².